The third-order valence-corrected chi connectivity index (χ3v) is 4.30. The number of aromatic nitrogens is 2. The molecule has 1 unspecified atom stereocenters. The molecule has 0 saturated carbocycles. The second kappa shape index (κ2) is 7.51. The maximum Gasteiger partial charge on any atom is 0.359 e. The smallest absolute Gasteiger partial charge is 0.359 e. The first kappa shape index (κ1) is 17.8. The summed E-state index contributed by atoms with van der Waals surface area (Å²) >= 11 is 0. The third-order valence-electron chi connectivity index (χ3n) is 4.30. The van der Waals surface area contributed by atoms with Gasteiger partial charge in [-0.15, -0.1) is 0 Å². The summed E-state index contributed by atoms with van der Waals surface area (Å²) in [5.74, 6) is -0.992. The summed E-state index contributed by atoms with van der Waals surface area (Å²) in [4.78, 5) is 38.3. The van der Waals surface area contributed by atoms with E-state index >= 15 is 0 Å². The maximum absolute atomic E-state index is 12.7. The molecule has 0 aliphatic carbocycles. The molecule has 26 heavy (non-hydrogen) atoms. The topological polar surface area (TPSA) is 81.5 Å². The number of ether oxygens (including phenoxy) is 1. The van der Waals surface area contributed by atoms with Crippen molar-refractivity contribution in [2.45, 2.75) is 39.3 Å². The van der Waals surface area contributed by atoms with Crippen molar-refractivity contribution in [3.63, 3.8) is 0 Å². The van der Waals surface area contributed by atoms with Gasteiger partial charge in [0.15, 0.2) is 11.8 Å². The van der Waals surface area contributed by atoms with E-state index < -0.39 is 12.1 Å². The highest BCUT2D eigenvalue weighted by Crippen LogP contribution is 2.28. The summed E-state index contributed by atoms with van der Waals surface area (Å²) in [6.07, 6.45) is 0.558. The predicted molar refractivity (Wildman–Crippen MR) is 96.2 cm³/mol. The lowest BCUT2D eigenvalue weighted by molar-refractivity contribution is -0.126. The molecule has 1 aromatic carbocycles. The summed E-state index contributed by atoms with van der Waals surface area (Å²) in [5.41, 5.74) is 1.70. The Morgan fingerprint density at radius 1 is 1.23 bits per heavy atom. The van der Waals surface area contributed by atoms with Gasteiger partial charge in [0, 0.05) is 24.8 Å². The maximum atomic E-state index is 12.7. The standard InChI is InChI=1S/C19H21N3O4/c1-3-11-22-17(23)9-8-15(20-22)19(25)26-13(2)18(24)21-12-10-14-6-4-5-7-16(14)21/h4-9,13H,3,10-12H2,1-2H3. The lowest BCUT2D eigenvalue weighted by Crippen LogP contribution is -2.39. The molecule has 1 amide bonds. The van der Waals surface area contributed by atoms with E-state index in [0.29, 0.717) is 19.5 Å². The van der Waals surface area contributed by atoms with E-state index in [1.807, 2.05) is 31.2 Å². The van der Waals surface area contributed by atoms with Crippen LogP contribution in [0.25, 0.3) is 0 Å². The highest BCUT2D eigenvalue weighted by Gasteiger charge is 2.30. The van der Waals surface area contributed by atoms with Gasteiger partial charge in [-0.05, 0) is 37.5 Å². The molecule has 0 spiro atoms. The molecule has 0 saturated heterocycles. The van der Waals surface area contributed by atoms with E-state index in [9.17, 15) is 14.4 Å². The number of carbonyl (C=O) groups excluding carboxylic acids is 2. The number of rotatable bonds is 5. The van der Waals surface area contributed by atoms with Crippen LogP contribution in [0.15, 0.2) is 41.2 Å². The van der Waals surface area contributed by atoms with Crippen molar-refractivity contribution in [1.29, 1.82) is 0 Å². The largest absolute Gasteiger partial charge is 0.448 e. The summed E-state index contributed by atoms with van der Waals surface area (Å²) in [5, 5.41) is 4.01. The first-order valence-corrected chi connectivity index (χ1v) is 8.69. The fourth-order valence-electron chi connectivity index (χ4n) is 2.99. The minimum Gasteiger partial charge on any atom is -0.448 e. The molecular weight excluding hydrogens is 334 g/mol. The number of amides is 1. The van der Waals surface area contributed by atoms with Crippen LogP contribution in [-0.4, -0.2) is 34.3 Å². The van der Waals surface area contributed by atoms with E-state index in [-0.39, 0.29) is 17.2 Å². The molecule has 0 N–H and O–H groups in total. The van der Waals surface area contributed by atoms with Gasteiger partial charge in [-0.3, -0.25) is 9.59 Å². The quantitative estimate of drug-likeness (QED) is 0.764. The third kappa shape index (κ3) is 3.51. The van der Waals surface area contributed by atoms with Gasteiger partial charge in [-0.2, -0.15) is 5.10 Å². The van der Waals surface area contributed by atoms with Crippen molar-refractivity contribution in [2.24, 2.45) is 0 Å². The molecule has 0 radical (unpaired) electrons. The average Bonchev–Trinajstić information content (AvgIpc) is 3.07. The van der Waals surface area contributed by atoms with E-state index in [0.717, 1.165) is 17.7 Å². The monoisotopic (exact) mass is 355 g/mol. The number of anilines is 1. The van der Waals surface area contributed by atoms with Gasteiger partial charge in [0.25, 0.3) is 11.5 Å². The molecule has 2 heterocycles. The van der Waals surface area contributed by atoms with Crippen molar-refractivity contribution in [3.8, 4) is 0 Å². The van der Waals surface area contributed by atoms with E-state index in [1.54, 1.807) is 11.8 Å². The minimum absolute atomic E-state index is 0.0134. The summed E-state index contributed by atoms with van der Waals surface area (Å²) < 4.78 is 6.51. The van der Waals surface area contributed by atoms with Gasteiger partial charge < -0.3 is 9.64 Å². The summed E-state index contributed by atoms with van der Waals surface area (Å²) in [6.45, 7) is 4.44. The van der Waals surface area contributed by atoms with Crippen molar-refractivity contribution in [1.82, 2.24) is 9.78 Å². The fraction of sp³-hybridized carbons (Fsp3) is 0.368. The number of para-hydroxylation sites is 1. The van der Waals surface area contributed by atoms with Crippen LogP contribution in [0.1, 0.15) is 36.3 Å². The Kier molecular flexibility index (Phi) is 5.16. The number of hydrogen-bond acceptors (Lipinski definition) is 5. The van der Waals surface area contributed by atoms with Crippen molar-refractivity contribution < 1.29 is 14.3 Å². The number of aryl methyl sites for hydroxylation is 1. The highest BCUT2D eigenvalue weighted by atomic mass is 16.5. The Labute approximate surface area is 151 Å². The van der Waals surface area contributed by atoms with Crippen LogP contribution in [0.2, 0.25) is 0 Å². The molecule has 136 valence electrons. The summed E-state index contributed by atoms with van der Waals surface area (Å²) in [6, 6.07) is 10.3. The van der Waals surface area contributed by atoms with Gasteiger partial charge >= 0.3 is 5.97 Å². The lowest BCUT2D eigenvalue weighted by Gasteiger charge is -2.21. The van der Waals surface area contributed by atoms with E-state index in [1.165, 1.54) is 16.8 Å². The van der Waals surface area contributed by atoms with Crippen LogP contribution in [0.3, 0.4) is 0 Å². The summed E-state index contributed by atoms with van der Waals surface area (Å²) in [7, 11) is 0. The fourth-order valence-corrected chi connectivity index (χ4v) is 2.99. The normalized spacial score (nSPS) is 14.0. The molecule has 3 rings (SSSR count). The Morgan fingerprint density at radius 2 is 2.00 bits per heavy atom. The molecule has 1 aliphatic heterocycles. The second-order valence-electron chi connectivity index (χ2n) is 6.20. The van der Waals surface area contributed by atoms with Crippen LogP contribution in [0.5, 0.6) is 0 Å². The van der Waals surface area contributed by atoms with Gasteiger partial charge in [-0.25, -0.2) is 9.48 Å². The number of nitrogens with zero attached hydrogens (tertiary/aromatic N) is 3. The second-order valence-corrected chi connectivity index (χ2v) is 6.20. The molecule has 1 atom stereocenters. The molecule has 7 nitrogen and oxygen atoms in total. The van der Waals surface area contributed by atoms with Crippen LogP contribution in [0.4, 0.5) is 5.69 Å². The zero-order valence-corrected chi connectivity index (χ0v) is 14.8. The van der Waals surface area contributed by atoms with Crippen LogP contribution < -0.4 is 10.5 Å². The van der Waals surface area contributed by atoms with Gasteiger partial charge in [-0.1, -0.05) is 25.1 Å². The van der Waals surface area contributed by atoms with Crippen molar-refractivity contribution in [2.75, 3.05) is 11.4 Å². The number of hydrogen-bond donors (Lipinski definition) is 0. The Bertz CT molecular complexity index is 890. The number of esters is 1. The predicted octanol–water partition coefficient (Wildman–Crippen LogP) is 1.79. The minimum atomic E-state index is -0.943. The molecule has 0 bridgehead atoms. The first-order chi connectivity index (χ1) is 12.5. The number of fused-ring (bicyclic) bond motifs is 1. The Hall–Kier alpha value is -2.96. The number of carbonyl (C=O) groups is 2. The Morgan fingerprint density at radius 3 is 2.77 bits per heavy atom. The van der Waals surface area contributed by atoms with Gasteiger partial charge in [0.05, 0.1) is 0 Å². The van der Waals surface area contributed by atoms with E-state index in [2.05, 4.69) is 5.10 Å². The molecule has 7 heteroatoms. The highest BCUT2D eigenvalue weighted by molar-refractivity contribution is 6.00. The molecule has 1 aliphatic rings. The van der Waals surface area contributed by atoms with Crippen molar-refractivity contribution in [3.05, 3.63) is 58.0 Å². The molecule has 2 aromatic rings. The lowest BCUT2D eigenvalue weighted by atomic mass is 10.2. The SMILES string of the molecule is CCCn1nc(C(=O)OC(C)C(=O)N2CCc3ccccc32)ccc1=O. The first-order valence-electron chi connectivity index (χ1n) is 8.69. The van der Waals surface area contributed by atoms with Crippen molar-refractivity contribution >= 4 is 17.6 Å². The van der Waals surface area contributed by atoms with E-state index in [4.69, 9.17) is 4.74 Å². The molecule has 0 fully saturated rings. The zero-order valence-electron chi connectivity index (χ0n) is 14.8. The molecule has 1 aromatic heterocycles. The van der Waals surface area contributed by atoms with Gasteiger partial charge in [0.2, 0.25) is 0 Å². The van der Waals surface area contributed by atoms with Crippen LogP contribution in [-0.2, 0) is 22.5 Å². The molecular formula is C19H21N3O4. The average molecular weight is 355 g/mol. The zero-order chi connectivity index (χ0) is 18.7. The van der Waals surface area contributed by atoms with Crippen LogP contribution in [0, 0.1) is 0 Å². The Balaban J connectivity index is 1.71. The van der Waals surface area contributed by atoms with Crippen LogP contribution >= 0.6 is 0 Å². The van der Waals surface area contributed by atoms with Gasteiger partial charge in [0.1, 0.15) is 0 Å². The number of benzene rings is 1.